The van der Waals surface area contributed by atoms with Gasteiger partial charge in [-0.15, -0.1) is 0 Å². The number of hydrogen-bond donors (Lipinski definition) is 1. The normalized spacial score (nSPS) is 13.4. The van der Waals surface area contributed by atoms with Crippen LogP contribution in [0.5, 0.6) is 11.5 Å². The van der Waals surface area contributed by atoms with E-state index in [-0.39, 0.29) is 6.61 Å². The molecule has 2 unspecified atom stereocenters. The summed E-state index contributed by atoms with van der Waals surface area (Å²) in [7, 11) is 3.06. The van der Waals surface area contributed by atoms with Gasteiger partial charge in [0.25, 0.3) is 0 Å². The van der Waals surface area contributed by atoms with Crippen molar-refractivity contribution >= 4 is 5.97 Å². The van der Waals surface area contributed by atoms with Crippen molar-refractivity contribution in [1.29, 1.82) is 0 Å². The second kappa shape index (κ2) is 7.75. The summed E-state index contributed by atoms with van der Waals surface area (Å²) >= 11 is 0. The number of esters is 1. The highest BCUT2D eigenvalue weighted by Crippen LogP contribution is 2.34. The topological polar surface area (TPSA) is 65.0 Å². The van der Waals surface area contributed by atoms with E-state index in [1.165, 1.54) is 7.11 Å². The van der Waals surface area contributed by atoms with Gasteiger partial charge in [0, 0.05) is 5.56 Å². The molecule has 0 aromatic heterocycles. The summed E-state index contributed by atoms with van der Waals surface area (Å²) in [6.45, 7) is 3.86. The standard InChI is InChI=1S/C15H22O5/c1-5-11(15(17)20-6-2)14(16)12-9-10(18-3)7-8-13(12)19-4/h7-9,11,14,16H,5-6H2,1-4H3. The van der Waals surface area contributed by atoms with Gasteiger partial charge in [-0.25, -0.2) is 0 Å². The third kappa shape index (κ3) is 3.63. The summed E-state index contributed by atoms with van der Waals surface area (Å²) in [5.41, 5.74) is 0.520. The van der Waals surface area contributed by atoms with E-state index in [4.69, 9.17) is 14.2 Å². The summed E-state index contributed by atoms with van der Waals surface area (Å²) in [6, 6.07) is 5.11. The number of ether oxygens (including phenoxy) is 3. The first-order chi connectivity index (χ1) is 9.58. The molecule has 0 aliphatic heterocycles. The van der Waals surface area contributed by atoms with Gasteiger partial charge < -0.3 is 19.3 Å². The molecule has 0 heterocycles. The third-order valence-corrected chi connectivity index (χ3v) is 3.17. The quantitative estimate of drug-likeness (QED) is 0.778. The lowest BCUT2D eigenvalue weighted by molar-refractivity contribution is -0.152. The molecule has 5 nitrogen and oxygen atoms in total. The van der Waals surface area contributed by atoms with Gasteiger partial charge in [0.15, 0.2) is 0 Å². The Morgan fingerprint density at radius 3 is 2.45 bits per heavy atom. The molecule has 112 valence electrons. The molecule has 0 aliphatic carbocycles. The van der Waals surface area contributed by atoms with Crippen molar-refractivity contribution in [3.8, 4) is 11.5 Å². The first-order valence-corrected chi connectivity index (χ1v) is 6.65. The summed E-state index contributed by atoms with van der Waals surface area (Å²) in [6.07, 6.45) is -0.524. The Bertz CT molecular complexity index is 444. The van der Waals surface area contributed by atoms with Gasteiger partial charge in [-0.2, -0.15) is 0 Å². The van der Waals surface area contributed by atoms with Gasteiger partial charge in [0.2, 0.25) is 0 Å². The molecule has 1 N–H and O–H groups in total. The lowest BCUT2D eigenvalue weighted by atomic mass is 9.92. The summed E-state index contributed by atoms with van der Waals surface area (Å²) in [5, 5.41) is 10.5. The summed E-state index contributed by atoms with van der Waals surface area (Å²) in [5.74, 6) is 0.0722. The van der Waals surface area contributed by atoms with Crippen LogP contribution in [-0.2, 0) is 9.53 Å². The lowest BCUT2D eigenvalue weighted by Crippen LogP contribution is -2.24. The van der Waals surface area contributed by atoms with Crippen LogP contribution in [0.25, 0.3) is 0 Å². The van der Waals surface area contributed by atoms with Crippen LogP contribution in [0.4, 0.5) is 0 Å². The van der Waals surface area contributed by atoms with Crippen LogP contribution in [0.2, 0.25) is 0 Å². The number of benzene rings is 1. The van der Waals surface area contributed by atoms with Crippen LogP contribution in [0.3, 0.4) is 0 Å². The SMILES string of the molecule is CCOC(=O)C(CC)C(O)c1cc(OC)ccc1OC. The Kier molecular flexibility index (Phi) is 6.31. The molecule has 20 heavy (non-hydrogen) atoms. The van der Waals surface area contributed by atoms with E-state index in [0.717, 1.165) is 0 Å². The Balaban J connectivity index is 3.09. The van der Waals surface area contributed by atoms with E-state index >= 15 is 0 Å². The average Bonchev–Trinajstić information content (AvgIpc) is 2.47. The average molecular weight is 282 g/mol. The number of hydrogen-bond acceptors (Lipinski definition) is 5. The molecule has 5 heteroatoms. The number of aliphatic hydroxyl groups excluding tert-OH is 1. The van der Waals surface area contributed by atoms with Crippen LogP contribution in [0.15, 0.2) is 18.2 Å². The predicted molar refractivity (Wildman–Crippen MR) is 74.9 cm³/mol. The zero-order chi connectivity index (χ0) is 15.1. The van der Waals surface area contributed by atoms with Crippen LogP contribution in [-0.4, -0.2) is 31.9 Å². The maximum absolute atomic E-state index is 11.9. The van der Waals surface area contributed by atoms with Crippen molar-refractivity contribution in [3.05, 3.63) is 23.8 Å². The smallest absolute Gasteiger partial charge is 0.311 e. The van der Waals surface area contributed by atoms with Gasteiger partial charge in [-0.1, -0.05) is 6.92 Å². The minimum atomic E-state index is -0.996. The molecule has 0 aliphatic rings. The fraction of sp³-hybridized carbons (Fsp3) is 0.533. The Hall–Kier alpha value is -1.75. The zero-order valence-electron chi connectivity index (χ0n) is 12.4. The Morgan fingerprint density at radius 1 is 1.25 bits per heavy atom. The maximum atomic E-state index is 11.9. The number of carbonyl (C=O) groups is 1. The van der Waals surface area contributed by atoms with Gasteiger partial charge in [-0.3, -0.25) is 4.79 Å². The zero-order valence-corrected chi connectivity index (χ0v) is 12.4. The second-order valence-corrected chi connectivity index (χ2v) is 4.32. The van der Waals surface area contributed by atoms with Crippen molar-refractivity contribution in [3.63, 3.8) is 0 Å². The van der Waals surface area contributed by atoms with Crippen molar-refractivity contribution in [1.82, 2.24) is 0 Å². The molecule has 0 radical (unpaired) electrons. The van der Waals surface area contributed by atoms with Crippen LogP contribution < -0.4 is 9.47 Å². The maximum Gasteiger partial charge on any atom is 0.311 e. The molecule has 0 spiro atoms. The van der Waals surface area contributed by atoms with E-state index in [2.05, 4.69) is 0 Å². The molecule has 1 aromatic carbocycles. The van der Waals surface area contributed by atoms with Crippen molar-refractivity contribution in [2.75, 3.05) is 20.8 Å². The molecule has 1 rings (SSSR count). The van der Waals surface area contributed by atoms with E-state index in [1.807, 2.05) is 6.92 Å². The van der Waals surface area contributed by atoms with E-state index in [0.29, 0.717) is 23.5 Å². The largest absolute Gasteiger partial charge is 0.497 e. The van der Waals surface area contributed by atoms with Gasteiger partial charge in [-0.05, 0) is 31.5 Å². The monoisotopic (exact) mass is 282 g/mol. The highest BCUT2D eigenvalue weighted by atomic mass is 16.5. The molecule has 0 saturated heterocycles. The molecule has 1 aromatic rings. The minimum Gasteiger partial charge on any atom is -0.497 e. The van der Waals surface area contributed by atoms with Crippen molar-refractivity contribution in [2.45, 2.75) is 26.4 Å². The Morgan fingerprint density at radius 2 is 1.95 bits per heavy atom. The van der Waals surface area contributed by atoms with E-state index < -0.39 is 18.0 Å². The highest BCUT2D eigenvalue weighted by Gasteiger charge is 2.30. The summed E-state index contributed by atoms with van der Waals surface area (Å²) < 4.78 is 15.4. The van der Waals surface area contributed by atoms with Gasteiger partial charge in [0.05, 0.1) is 32.8 Å². The summed E-state index contributed by atoms with van der Waals surface area (Å²) in [4.78, 5) is 11.9. The number of carbonyl (C=O) groups excluding carboxylic acids is 1. The van der Waals surface area contributed by atoms with Crippen LogP contribution in [0.1, 0.15) is 31.9 Å². The second-order valence-electron chi connectivity index (χ2n) is 4.32. The Labute approximate surface area is 119 Å². The fourth-order valence-corrected chi connectivity index (χ4v) is 2.06. The van der Waals surface area contributed by atoms with E-state index in [9.17, 15) is 9.90 Å². The van der Waals surface area contributed by atoms with Crippen molar-refractivity contribution in [2.24, 2.45) is 5.92 Å². The molecule has 0 amide bonds. The molecular formula is C15H22O5. The predicted octanol–water partition coefficient (Wildman–Crippen LogP) is 2.33. The first-order valence-electron chi connectivity index (χ1n) is 6.65. The fourth-order valence-electron chi connectivity index (χ4n) is 2.06. The molecule has 0 fully saturated rings. The minimum absolute atomic E-state index is 0.289. The lowest BCUT2D eigenvalue weighted by Gasteiger charge is -2.22. The highest BCUT2D eigenvalue weighted by molar-refractivity contribution is 5.73. The molecular weight excluding hydrogens is 260 g/mol. The third-order valence-electron chi connectivity index (χ3n) is 3.17. The molecule has 0 bridgehead atoms. The molecule has 0 saturated carbocycles. The van der Waals surface area contributed by atoms with Crippen LogP contribution in [0, 0.1) is 5.92 Å². The van der Waals surface area contributed by atoms with Crippen LogP contribution >= 0.6 is 0 Å². The van der Waals surface area contributed by atoms with E-state index in [1.54, 1.807) is 32.2 Å². The van der Waals surface area contributed by atoms with Gasteiger partial charge in [0.1, 0.15) is 11.5 Å². The van der Waals surface area contributed by atoms with Gasteiger partial charge >= 0.3 is 5.97 Å². The number of methoxy groups -OCH3 is 2. The number of aliphatic hydroxyl groups is 1. The first kappa shape index (κ1) is 16.3. The molecule has 2 atom stereocenters. The number of rotatable bonds is 7. The van der Waals surface area contributed by atoms with Crippen molar-refractivity contribution < 1.29 is 24.1 Å².